The van der Waals surface area contributed by atoms with Crippen LogP contribution in [0.25, 0.3) is 0 Å². The van der Waals surface area contributed by atoms with Gasteiger partial charge in [-0.1, -0.05) is 60.3 Å². The molecular formula is C31H31N5OS. The summed E-state index contributed by atoms with van der Waals surface area (Å²) in [7, 11) is 0. The van der Waals surface area contributed by atoms with Gasteiger partial charge in [-0.3, -0.25) is 9.80 Å². The summed E-state index contributed by atoms with van der Waals surface area (Å²) in [6.07, 6.45) is 2.91. The van der Waals surface area contributed by atoms with Crippen LogP contribution in [-0.4, -0.2) is 60.1 Å². The Morgan fingerprint density at radius 2 is 1.37 bits per heavy atom. The number of para-hydroxylation sites is 3. The summed E-state index contributed by atoms with van der Waals surface area (Å²) < 4.78 is 0. The van der Waals surface area contributed by atoms with Crippen LogP contribution in [0.4, 0.5) is 27.7 Å². The molecule has 0 radical (unpaired) electrons. The highest BCUT2D eigenvalue weighted by atomic mass is 32.2. The van der Waals surface area contributed by atoms with Crippen LogP contribution in [0.15, 0.2) is 113 Å². The highest BCUT2D eigenvalue weighted by molar-refractivity contribution is 7.99. The lowest BCUT2D eigenvalue weighted by Crippen LogP contribution is -2.52. The zero-order chi connectivity index (χ0) is 25.7. The standard InChI is InChI=1S/C31H31N5OS/c37-31(36(25-11-3-1-4-12-25)26-13-5-2-6-14-26)34-23-21-33(22-24-34)19-10-20-35-27-15-7-8-16-28(27)38-29-17-9-18-32-30(29)35/h1-9,11-18H,10,19-24H2. The Hall–Kier alpha value is -3.81. The van der Waals surface area contributed by atoms with Crippen molar-refractivity contribution in [2.45, 2.75) is 16.2 Å². The number of piperazine rings is 1. The molecule has 3 aromatic carbocycles. The highest BCUT2D eigenvalue weighted by Gasteiger charge is 2.28. The van der Waals surface area contributed by atoms with Crippen molar-refractivity contribution in [1.29, 1.82) is 0 Å². The van der Waals surface area contributed by atoms with E-state index in [-0.39, 0.29) is 6.03 Å². The summed E-state index contributed by atoms with van der Waals surface area (Å²) in [5.41, 5.74) is 3.01. The van der Waals surface area contributed by atoms with Crippen molar-refractivity contribution in [3.05, 3.63) is 103 Å². The molecule has 0 atom stereocenters. The second-order valence-corrected chi connectivity index (χ2v) is 10.6. The first-order chi connectivity index (χ1) is 18.8. The Kier molecular flexibility index (Phi) is 7.29. The Morgan fingerprint density at radius 1 is 0.737 bits per heavy atom. The Labute approximate surface area is 228 Å². The van der Waals surface area contributed by atoms with Gasteiger partial charge in [-0.15, -0.1) is 0 Å². The SMILES string of the molecule is O=C(N1CCN(CCCN2c3ccccc3Sc3cccnc32)CC1)N(c1ccccc1)c1ccccc1. The van der Waals surface area contributed by atoms with Crippen molar-refractivity contribution in [2.75, 3.05) is 49.1 Å². The Balaban J connectivity index is 1.07. The van der Waals surface area contributed by atoms with E-state index in [1.54, 1.807) is 11.8 Å². The van der Waals surface area contributed by atoms with Gasteiger partial charge in [0.2, 0.25) is 0 Å². The first-order valence-electron chi connectivity index (χ1n) is 13.2. The third kappa shape index (κ3) is 5.12. The van der Waals surface area contributed by atoms with Crippen LogP contribution in [0.5, 0.6) is 0 Å². The molecule has 7 heteroatoms. The first kappa shape index (κ1) is 24.5. The molecule has 1 saturated heterocycles. The molecule has 6 nitrogen and oxygen atoms in total. The minimum atomic E-state index is 0.0344. The number of aromatic nitrogens is 1. The summed E-state index contributed by atoms with van der Waals surface area (Å²) in [5.74, 6) is 1.05. The lowest BCUT2D eigenvalue weighted by Gasteiger charge is -2.38. The third-order valence-corrected chi connectivity index (χ3v) is 8.21. The maximum absolute atomic E-state index is 13.7. The van der Waals surface area contributed by atoms with Crippen LogP contribution >= 0.6 is 11.8 Å². The van der Waals surface area contributed by atoms with E-state index in [0.29, 0.717) is 0 Å². The van der Waals surface area contributed by atoms with E-state index >= 15 is 0 Å². The van der Waals surface area contributed by atoms with Gasteiger partial charge in [0, 0.05) is 43.8 Å². The lowest BCUT2D eigenvalue weighted by atomic mass is 10.2. The van der Waals surface area contributed by atoms with Gasteiger partial charge in [-0.25, -0.2) is 9.78 Å². The number of anilines is 4. The van der Waals surface area contributed by atoms with E-state index in [4.69, 9.17) is 4.98 Å². The van der Waals surface area contributed by atoms with Crippen LogP contribution in [0.1, 0.15) is 6.42 Å². The number of hydrogen-bond acceptors (Lipinski definition) is 5. The van der Waals surface area contributed by atoms with Crippen LogP contribution < -0.4 is 9.80 Å². The number of fused-ring (bicyclic) bond motifs is 2. The predicted octanol–water partition coefficient (Wildman–Crippen LogP) is 6.65. The molecule has 0 saturated carbocycles. The van der Waals surface area contributed by atoms with Gasteiger partial charge in [-0.2, -0.15) is 0 Å². The zero-order valence-electron chi connectivity index (χ0n) is 21.3. The van der Waals surface area contributed by atoms with Gasteiger partial charge in [0.1, 0.15) is 5.82 Å². The number of benzene rings is 3. The van der Waals surface area contributed by atoms with Gasteiger partial charge in [-0.05, 0) is 61.5 Å². The zero-order valence-corrected chi connectivity index (χ0v) is 22.1. The van der Waals surface area contributed by atoms with Gasteiger partial charge < -0.3 is 9.80 Å². The molecule has 0 unspecified atom stereocenters. The fourth-order valence-electron chi connectivity index (χ4n) is 5.17. The molecule has 1 fully saturated rings. The van der Waals surface area contributed by atoms with Crippen molar-refractivity contribution in [3.8, 4) is 0 Å². The number of carbonyl (C=O) groups is 1. The number of amides is 2. The summed E-state index contributed by atoms with van der Waals surface area (Å²) in [5, 5.41) is 0. The normalized spacial score (nSPS) is 15.1. The van der Waals surface area contributed by atoms with Crippen LogP contribution in [0.2, 0.25) is 0 Å². The molecule has 2 aliphatic heterocycles. The van der Waals surface area contributed by atoms with Crippen LogP contribution in [0.3, 0.4) is 0 Å². The van der Waals surface area contributed by atoms with Crippen molar-refractivity contribution in [2.24, 2.45) is 0 Å². The average Bonchev–Trinajstić information content (AvgIpc) is 2.98. The molecule has 6 rings (SSSR count). The minimum Gasteiger partial charge on any atom is -0.324 e. The molecule has 3 heterocycles. The van der Waals surface area contributed by atoms with Gasteiger partial charge in [0.05, 0.1) is 22.0 Å². The van der Waals surface area contributed by atoms with Crippen LogP contribution in [0, 0.1) is 0 Å². The first-order valence-corrected chi connectivity index (χ1v) is 14.0. The van der Waals surface area contributed by atoms with E-state index < -0.39 is 0 Å². The van der Waals surface area contributed by atoms with E-state index in [1.807, 2.05) is 82.7 Å². The van der Waals surface area contributed by atoms with Gasteiger partial charge >= 0.3 is 6.03 Å². The third-order valence-electron chi connectivity index (χ3n) is 7.10. The maximum Gasteiger partial charge on any atom is 0.329 e. The Bertz CT molecular complexity index is 1290. The van der Waals surface area contributed by atoms with Gasteiger partial charge in [0.25, 0.3) is 0 Å². The number of nitrogens with zero attached hydrogens (tertiary/aromatic N) is 5. The lowest BCUT2D eigenvalue weighted by molar-refractivity contribution is 0.144. The molecule has 38 heavy (non-hydrogen) atoms. The largest absolute Gasteiger partial charge is 0.329 e. The molecule has 1 aromatic heterocycles. The fraction of sp³-hybridized carbons (Fsp3) is 0.226. The molecule has 0 aliphatic carbocycles. The number of pyridine rings is 1. The van der Waals surface area contributed by atoms with Crippen molar-refractivity contribution in [3.63, 3.8) is 0 Å². The maximum atomic E-state index is 13.7. The topological polar surface area (TPSA) is 42.9 Å². The van der Waals surface area contributed by atoms with E-state index in [0.717, 1.165) is 62.9 Å². The summed E-state index contributed by atoms with van der Waals surface area (Å²) in [6, 6.07) is 32.6. The fourth-order valence-corrected chi connectivity index (χ4v) is 6.24. The smallest absolute Gasteiger partial charge is 0.324 e. The second-order valence-electron chi connectivity index (χ2n) is 9.52. The predicted molar refractivity (Wildman–Crippen MR) is 155 cm³/mol. The number of rotatable bonds is 6. The second kappa shape index (κ2) is 11.3. The highest BCUT2D eigenvalue weighted by Crippen LogP contribution is 2.46. The van der Waals surface area contributed by atoms with Crippen LogP contribution in [-0.2, 0) is 0 Å². The molecule has 0 spiro atoms. The summed E-state index contributed by atoms with van der Waals surface area (Å²) in [4.78, 5) is 29.5. The average molecular weight is 522 g/mol. The summed E-state index contributed by atoms with van der Waals surface area (Å²) >= 11 is 1.79. The van der Waals surface area contributed by atoms with Crippen molar-refractivity contribution >= 4 is 40.7 Å². The van der Waals surface area contributed by atoms with Crippen molar-refractivity contribution in [1.82, 2.24) is 14.8 Å². The number of hydrogen-bond donors (Lipinski definition) is 0. The molecule has 2 aliphatic rings. The quantitative estimate of drug-likeness (QED) is 0.284. The number of urea groups is 1. The van der Waals surface area contributed by atoms with Gasteiger partial charge in [0.15, 0.2) is 0 Å². The summed E-state index contributed by atoms with van der Waals surface area (Å²) in [6.45, 7) is 5.12. The number of carbonyl (C=O) groups excluding carboxylic acids is 1. The minimum absolute atomic E-state index is 0.0344. The molecule has 4 aromatic rings. The van der Waals surface area contributed by atoms with E-state index in [2.05, 4.69) is 40.1 Å². The van der Waals surface area contributed by atoms with Crippen molar-refractivity contribution < 1.29 is 4.79 Å². The Morgan fingerprint density at radius 3 is 2.08 bits per heavy atom. The molecule has 192 valence electrons. The molecule has 2 amide bonds. The molecule has 0 N–H and O–H groups in total. The molecular weight excluding hydrogens is 490 g/mol. The van der Waals surface area contributed by atoms with E-state index in [1.165, 1.54) is 15.5 Å². The monoisotopic (exact) mass is 521 g/mol. The van der Waals surface area contributed by atoms with E-state index in [9.17, 15) is 4.79 Å². The molecule has 0 bridgehead atoms.